The number of carbonyl (C=O) groups excluding carboxylic acids is 1. The van der Waals surface area contributed by atoms with Gasteiger partial charge >= 0.3 is 12.0 Å². The maximum absolute atomic E-state index is 11.5. The minimum atomic E-state index is -1.16. The molecule has 0 heterocycles. The molecule has 0 aliphatic rings. The first-order valence-electron chi connectivity index (χ1n) is 5.46. The summed E-state index contributed by atoms with van der Waals surface area (Å²) in [4.78, 5) is 23.6. The van der Waals surface area contributed by atoms with Crippen molar-refractivity contribution in [3.8, 4) is 0 Å². The van der Waals surface area contributed by atoms with Crippen molar-refractivity contribution >= 4 is 12.0 Å². The minimum Gasteiger partial charge on any atom is -0.480 e. The third kappa shape index (κ3) is 6.75. The van der Waals surface area contributed by atoms with Crippen LogP contribution in [-0.4, -0.2) is 66.6 Å². The number of carbonyl (C=O) groups is 2. The first-order valence-corrected chi connectivity index (χ1v) is 5.46. The van der Waals surface area contributed by atoms with Crippen LogP contribution in [0.25, 0.3) is 0 Å². The number of carboxylic acid groups (broad SMARTS) is 1. The van der Waals surface area contributed by atoms with E-state index in [0.717, 1.165) is 0 Å². The summed E-state index contributed by atoms with van der Waals surface area (Å²) in [7, 11) is 1.55. The maximum Gasteiger partial charge on any atom is 0.326 e. The predicted octanol–water partition coefficient (Wildman–Crippen LogP) is -0.500. The second-order valence-electron chi connectivity index (χ2n) is 3.47. The van der Waals surface area contributed by atoms with Crippen molar-refractivity contribution in [2.45, 2.75) is 19.4 Å². The van der Waals surface area contributed by atoms with E-state index in [9.17, 15) is 9.59 Å². The van der Waals surface area contributed by atoms with Gasteiger partial charge in [-0.05, 0) is 6.92 Å². The first-order chi connectivity index (χ1) is 8.02. The molecule has 0 aromatic carbocycles. The summed E-state index contributed by atoms with van der Waals surface area (Å²) in [5.74, 6) is -1.16. The number of nitrogens with zero attached hydrogens (tertiary/aromatic N) is 1. The van der Waals surface area contributed by atoms with Crippen LogP contribution in [0.1, 0.15) is 13.3 Å². The fourth-order valence-corrected chi connectivity index (χ4v) is 1.09. The average molecular weight is 248 g/mol. The van der Waals surface area contributed by atoms with Crippen molar-refractivity contribution in [1.82, 2.24) is 10.2 Å². The zero-order chi connectivity index (χ0) is 13.3. The fourth-order valence-electron chi connectivity index (χ4n) is 1.09. The van der Waals surface area contributed by atoms with Gasteiger partial charge in [0.25, 0.3) is 0 Å². The molecule has 0 saturated heterocycles. The maximum atomic E-state index is 11.5. The van der Waals surface area contributed by atoms with Gasteiger partial charge in [-0.2, -0.15) is 0 Å². The summed E-state index contributed by atoms with van der Waals surface area (Å²) in [5, 5.41) is 19.8. The second kappa shape index (κ2) is 8.77. The van der Waals surface area contributed by atoms with Crippen LogP contribution < -0.4 is 5.32 Å². The number of hydrogen-bond acceptors (Lipinski definition) is 4. The van der Waals surface area contributed by atoms with E-state index < -0.39 is 18.0 Å². The van der Waals surface area contributed by atoms with E-state index in [4.69, 9.17) is 14.9 Å². The number of rotatable bonds is 8. The Bertz CT molecular complexity index is 247. The lowest BCUT2D eigenvalue weighted by molar-refractivity contribution is -0.139. The lowest BCUT2D eigenvalue weighted by Gasteiger charge is -2.20. The van der Waals surface area contributed by atoms with E-state index in [0.29, 0.717) is 19.8 Å². The number of carboxylic acids is 1. The average Bonchev–Trinajstić information content (AvgIpc) is 2.28. The van der Waals surface area contributed by atoms with E-state index in [1.54, 1.807) is 7.05 Å². The molecule has 0 aromatic heterocycles. The fraction of sp³-hybridized carbons (Fsp3) is 0.800. The van der Waals surface area contributed by atoms with Gasteiger partial charge in [-0.15, -0.1) is 0 Å². The second-order valence-corrected chi connectivity index (χ2v) is 3.47. The number of ether oxygens (including phenoxy) is 1. The molecule has 7 nitrogen and oxygen atoms in total. The molecule has 0 spiro atoms. The molecule has 0 rings (SSSR count). The monoisotopic (exact) mass is 248 g/mol. The van der Waals surface area contributed by atoms with Crippen LogP contribution >= 0.6 is 0 Å². The Morgan fingerprint density at radius 3 is 2.59 bits per heavy atom. The number of aliphatic hydroxyl groups is 1. The molecule has 7 heteroatoms. The van der Waals surface area contributed by atoms with Crippen molar-refractivity contribution in [3.05, 3.63) is 0 Å². The lowest BCUT2D eigenvalue weighted by atomic mass is 10.2. The van der Waals surface area contributed by atoms with Gasteiger partial charge in [0.1, 0.15) is 6.04 Å². The van der Waals surface area contributed by atoms with Crippen LogP contribution in [0.15, 0.2) is 0 Å². The first kappa shape index (κ1) is 15.7. The molecule has 17 heavy (non-hydrogen) atoms. The SMILES string of the molecule is CCOCCN(C)C(=O)N[C@@H](CCO)C(=O)O. The van der Waals surface area contributed by atoms with E-state index in [1.165, 1.54) is 4.90 Å². The largest absolute Gasteiger partial charge is 0.480 e. The van der Waals surface area contributed by atoms with Gasteiger partial charge in [0.2, 0.25) is 0 Å². The molecule has 100 valence electrons. The Morgan fingerprint density at radius 2 is 2.12 bits per heavy atom. The Balaban J connectivity index is 4.06. The molecule has 0 radical (unpaired) electrons. The molecule has 0 aromatic rings. The van der Waals surface area contributed by atoms with Crippen LogP contribution in [-0.2, 0) is 9.53 Å². The van der Waals surface area contributed by atoms with E-state index in [1.807, 2.05) is 6.92 Å². The van der Waals surface area contributed by atoms with Crippen molar-refractivity contribution in [1.29, 1.82) is 0 Å². The molecular weight excluding hydrogens is 228 g/mol. The van der Waals surface area contributed by atoms with Gasteiger partial charge in [0.05, 0.1) is 6.61 Å². The molecule has 1 atom stereocenters. The minimum absolute atomic E-state index is 0.0135. The number of aliphatic carboxylic acids is 1. The van der Waals surface area contributed by atoms with Gasteiger partial charge in [-0.25, -0.2) is 9.59 Å². The van der Waals surface area contributed by atoms with Crippen LogP contribution in [0.2, 0.25) is 0 Å². The molecule has 0 aliphatic carbocycles. The van der Waals surface area contributed by atoms with Crippen LogP contribution in [0, 0.1) is 0 Å². The van der Waals surface area contributed by atoms with Gasteiger partial charge in [-0.1, -0.05) is 0 Å². The summed E-state index contributed by atoms with van der Waals surface area (Å²) in [6.45, 7) is 2.91. The van der Waals surface area contributed by atoms with Gasteiger partial charge in [0.15, 0.2) is 0 Å². The molecule has 0 aliphatic heterocycles. The summed E-state index contributed by atoms with van der Waals surface area (Å²) >= 11 is 0. The molecule has 0 bridgehead atoms. The molecule has 0 fully saturated rings. The Kier molecular flexibility index (Phi) is 8.08. The predicted molar refractivity (Wildman–Crippen MR) is 60.8 cm³/mol. The zero-order valence-corrected chi connectivity index (χ0v) is 10.2. The highest BCUT2D eigenvalue weighted by Gasteiger charge is 2.20. The highest BCUT2D eigenvalue weighted by molar-refractivity contribution is 5.82. The lowest BCUT2D eigenvalue weighted by Crippen LogP contribution is -2.47. The zero-order valence-electron chi connectivity index (χ0n) is 10.2. The van der Waals surface area contributed by atoms with E-state index >= 15 is 0 Å². The Hall–Kier alpha value is -1.34. The van der Waals surface area contributed by atoms with Crippen molar-refractivity contribution in [3.63, 3.8) is 0 Å². The third-order valence-electron chi connectivity index (χ3n) is 2.14. The van der Waals surface area contributed by atoms with Crippen molar-refractivity contribution in [2.75, 3.05) is 33.4 Å². The quantitative estimate of drug-likeness (QED) is 0.503. The Morgan fingerprint density at radius 1 is 1.47 bits per heavy atom. The molecular formula is C10H20N2O5. The molecule has 0 saturated carbocycles. The molecule has 2 amide bonds. The summed E-state index contributed by atoms with van der Waals surface area (Å²) in [6, 6.07) is -1.56. The number of urea groups is 1. The number of likely N-dealkylation sites (N-methyl/N-ethyl adjacent to an activating group) is 1. The number of nitrogens with one attached hydrogen (secondary N) is 1. The summed E-state index contributed by atoms with van der Waals surface area (Å²) < 4.78 is 5.08. The summed E-state index contributed by atoms with van der Waals surface area (Å²) in [5.41, 5.74) is 0. The molecule has 0 unspecified atom stereocenters. The topological polar surface area (TPSA) is 99.1 Å². The molecule has 3 N–H and O–H groups in total. The standard InChI is InChI=1S/C10H20N2O5/c1-3-17-7-5-12(2)10(16)11-8(4-6-13)9(14)15/h8,13H,3-7H2,1-2H3,(H,11,16)(H,14,15)/t8-/m0/s1. The van der Waals surface area contributed by atoms with E-state index in [2.05, 4.69) is 5.32 Å². The van der Waals surface area contributed by atoms with E-state index in [-0.39, 0.29) is 13.0 Å². The van der Waals surface area contributed by atoms with Crippen LogP contribution in [0.3, 0.4) is 0 Å². The highest BCUT2D eigenvalue weighted by atomic mass is 16.5. The van der Waals surface area contributed by atoms with Crippen molar-refractivity contribution in [2.24, 2.45) is 0 Å². The van der Waals surface area contributed by atoms with Gasteiger partial charge < -0.3 is 25.2 Å². The van der Waals surface area contributed by atoms with Gasteiger partial charge in [-0.3, -0.25) is 0 Å². The highest BCUT2D eigenvalue weighted by Crippen LogP contribution is 1.94. The van der Waals surface area contributed by atoms with Gasteiger partial charge in [0, 0.05) is 33.2 Å². The normalized spacial score (nSPS) is 11.9. The Labute approximate surface area is 100 Å². The van der Waals surface area contributed by atoms with Crippen LogP contribution in [0.5, 0.6) is 0 Å². The number of hydrogen-bond donors (Lipinski definition) is 3. The van der Waals surface area contributed by atoms with Crippen molar-refractivity contribution < 1.29 is 24.5 Å². The number of amides is 2. The smallest absolute Gasteiger partial charge is 0.326 e. The summed E-state index contributed by atoms with van der Waals surface area (Å²) in [6.07, 6.45) is -0.0135. The number of aliphatic hydroxyl groups excluding tert-OH is 1. The van der Waals surface area contributed by atoms with Crippen LogP contribution in [0.4, 0.5) is 4.79 Å². The third-order valence-corrected chi connectivity index (χ3v) is 2.14.